The van der Waals surface area contributed by atoms with E-state index >= 15 is 0 Å². The van der Waals surface area contributed by atoms with E-state index in [4.69, 9.17) is 0 Å². The highest BCUT2D eigenvalue weighted by Crippen LogP contribution is 2.20. The van der Waals surface area contributed by atoms with E-state index in [1.807, 2.05) is 19.1 Å². The van der Waals surface area contributed by atoms with Crippen LogP contribution in [0.1, 0.15) is 45.1 Å². The fourth-order valence-electron chi connectivity index (χ4n) is 4.47. The highest BCUT2D eigenvalue weighted by molar-refractivity contribution is 5.80. The first kappa shape index (κ1) is 21.5. The molecule has 3 rings (SSSR count). The summed E-state index contributed by atoms with van der Waals surface area (Å²) in [5, 5.41) is 3.59. The van der Waals surface area contributed by atoms with Crippen LogP contribution in [0.25, 0.3) is 10.9 Å². The lowest BCUT2D eigenvalue weighted by Crippen LogP contribution is -2.39. The number of para-hydroxylation sites is 1. The number of fused-ring (bicyclic) bond motifs is 1. The lowest BCUT2D eigenvalue weighted by Gasteiger charge is -2.34. The molecule has 0 saturated carbocycles. The molecule has 0 bridgehead atoms. The zero-order valence-electron chi connectivity index (χ0n) is 18.0. The predicted molar refractivity (Wildman–Crippen MR) is 117 cm³/mol. The summed E-state index contributed by atoms with van der Waals surface area (Å²) < 4.78 is 1.53. The molecule has 0 radical (unpaired) electrons. The second kappa shape index (κ2) is 10.0. The molecule has 6 heteroatoms. The Labute approximate surface area is 173 Å². The molecule has 2 heterocycles. The summed E-state index contributed by atoms with van der Waals surface area (Å²) in [6.07, 6.45) is 5.27. The number of hydrogen-bond acceptors (Lipinski definition) is 4. The van der Waals surface area contributed by atoms with Gasteiger partial charge >= 0.3 is 0 Å². The van der Waals surface area contributed by atoms with Gasteiger partial charge in [-0.05, 0) is 56.2 Å². The van der Waals surface area contributed by atoms with Gasteiger partial charge < -0.3 is 10.2 Å². The van der Waals surface area contributed by atoms with E-state index in [-0.39, 0.29) is 11.5 Å². The van der Waals surface area contributed by atoms with Gasteiger partial charge in [0.2, 0.25) is 5.91 Å². The van der Waals surface area contributed by atoms with Crippen molar-refractivity contribution in [2.75, 3.05) is 26.2 Å². The van der Waals surface area contributed by atoms with Gasteiger partial charge in [-0.15, -0.1) is 0 Å². The number of nitrogens with one attached hydrogen (secondary N) is 1. The van der Waals surface area contributed by atoms with E-state index in [2.05, 4.69) is 29.0 Å². The monoisotopic (exact) mass is 398 g/mol. The number of carbonyl (C=O) groups is 1. The standard InChI is InChI=1S/C23H34N4O2/c1-17-13-18(2)15-26(14-17)11-5-4-10-24-21(28)9-12-27-16-25-22-19(3)7-6-8-20(22)23(27)29/h6-8,16-18H,4-5,9-15H2,1-3H3,(H,24,28)/t17-,18-/m0/s1. The largest absolute Gasteiger partial charge is 0.356 e. The Morgan fingerprint density at radius 2 is 1.93 bits per heavy atom. The third-order valence-electron chi connectivity index (χ3n) is 5.80. The van der Waals surface area contributed by atoms with Gasteiger partial charge in [0.05, 0.1) is 17.2 Å². The molecule has 1 N–H and O–H groups in total. The molecule has 1 aromatic carbocycles. The maximum absolute atomic E-state index is 12.6. The van der Waals surface area contributed by atoms with E-state index in [1.165, 1.54) is 24.1 Å². The Hall–Kier alpha value is -2.21. The minimum absolute atomic E-state index is 0.0125. The zero-order chi connectivity index (χ0) is 20.8. The molecule has 158 valence electrons. The average Bonchev–Trinajstić information content (AvgIpc) is 2.67. The van der Waals surface area contributed by atoms with Crippen LogP contribution in [0.15, 0.2) is 29.3 Å². The molecule has 1 aromatic heterocycles. The van der Waals surface area contributed by atoms with Crippen molar-refractivity contribution in [1.29, 1.82) is 0 Å². The van der Waals surface area contributed by atoms with Crippen LogP contribution in [-0.4, -0.2) is 46.5 Å². The molecule has 1 saturated heterocycles. The highest BCUT2D eigenvalue weighted by atomic mass is 16.1. The molecule has 1 fully saturated rings. The summed E-state index contributed by atoms with van der Waals surface area (Å²) in [5.74, 6) is 1.56. The van der Waals surface area contributed by atoms with Gasteiger partial charge in [-0.1, -0.05) is 26.0 Å². The summed E-state index contributed by atoms with van der Waals surface area (Å²) in [6.45, 7) is 11.2. The molecular weight excluding hydrogens is 364 g/mol. The third kappa shape index (κ3) is 5.89. The van der Waals surface area contributed by atoms with Gasteiger partial charge in [0, 0.05) is 32.6 Å². The minimum atomic E-state index is -0.0866. The number of aromatic nitrogens is 2. The second-order valence-corrected chi connectivity index (χ2v) is 8.73. The van der Waals surface area contributed by atoms with Crippen LogP contribution in [-0.2, 0) is 11.3 Å². The van der Waals surface area contributed by atoms with Crippen molar-refractivity contribution in [3.63, 3.8) is 0 Å². The number of likely N-dealkylation sites (tertiary alicyclic amines) is 1. The smallest absolute Gasteiger partial charge is 0.261 e. The van der Waals surface area contributed by atoms with E-state index < -0.39 is 0 Å². The van der Waals surface area contributed by atoms with Crippen molar-refractivity contribution in [3.8, 4) is 0 Å². The van der Waals surface area contributed by atoms with Crippen molar-refractivity contribution < 1.29 is 4.79 Å². The summed E-state index contributed by atoms with van der Waals surface area (Å²) in [6, 6.07) is 5.60. The fourth-order valence-corrected chi connectivity index (χ4v) is 4.47. The summed E-state index contributed by atoms with van der Waals surface area (Å²) in [4.78, 5) is 31.7. The van der Waals surface area contributed by atoms with Gasteiger partial charge in [-0.2, -0.15) is 0 Å². The van der Waals surface area contributed by atoms with Gasteiger partial charge in [-0.25, -0.2) is 4.98 Å². The lowest BCUT2D eigenvalue weighted by atomic mass is 9.92. The molecule has 1 aliphatic heterocycles. The Morgan fingerprint density at radius 1 is 1.17 bits per heavy atom. The number of benzene rings is 1. The van der Waals surface area contributed by atoms with E-state index in [1.54, 1.807) is 12.4 Å². The van der Waals surface area contributed by atoms with E-state index in [0.29, 0.717) is 24.9 Å². The van der Waals surface area contributed by atoms with Crippen LogP contribution >= 0.6 is 0 Å². The molecule has 29 heavy (non-hydrogen) atoms. The number of carbonyl (C=O) groups excluding carboxylic acids is 1. The average molecular weight is 399 g/mol. The third-order valence-corrected chi connectivity index (χ3v) is 5.80. The Balaban J connectivity index is 1.38. The minimum Gasteiger partial charge on any atom is -0.356 e. The molecule has 1 amide bonds. The normalized spacial score (nSPS) is 20.1. The highest BCUT2D eigenvalue weighted by Gasteiger charge is 2.20. The summed E-state index contributed by atoms with van der Waals surface area (Å²) >= 11 is 0. The van der Waals surface area contributed by atoms with Crippen LogP contribution in [0.3, 0.4) is 0 Å². The molecule has 0 spiro atoms. The molecule has 0 unspecified atom stereocenters. The number of aryl methyl sites for hydroxylation is 2. The Morgan fingerprint density at radius 3 is 2.69 bits per heavy atom. The SMILES string of the molecule is Cc1cccc2c(=O)n(CCC(=O)NCCCCN3C[C@@H](C)C[C@H](C)C3)cnc12. The van der Waals surface area contributed by atoms with Crippen molar-refractivity contribution in [1.82, 2.24) is 19.8 Å². The molecule has 2 aromatic rings. The quantitative estimate of drug-likeness (QED) is 0.694. The van der Waals surface area contributed by atoms with Gasteiger partial charge in [0.15, 0.2) is 0 Å². The molecular formula is C23H34N4O2. The first-order valence-electron chi connectivity index (χ1n) is 10.9. The van der Waals surface area contributed by atoms with Crippen LogP contribution < -0.4 is 10.9 Å². The van der Waals surface area contributed by atoms with Gasteiger partial charge in [0.25, 0.3) is 5.56 Å². The van der Waals surface area contributed by atoms with Gasteiger partial charge in [0.1, 0.15) is 0 Å². The van der Waals surface area contributed by atoms with Crippen molar-refractivity contribution in [2.45, 2.75) is 53.0 Å². The maximum Gasteiger partial charge on any atom is 0.261 e. The molecule has 1 aliphatic rings. The van der Waals surface area contributed by atoms with Crippen molar-refractivity contribution in [2.24, 2.45) is 11.8 Å². The Bertz CT molecular complexity index is 882. The van der Waals surface area contributed by atoms with Crippen molar-refractivity contribution in [3.05, 3.63) is 40.4 Å². The molecule has 2 atom stereocenters. The van der Waals surface area contributed by atoms with E-state index in [0.717, 1.165) is 42.3 Å². The van der Waals surface area contributed by atoms with Crippen LogP contribution in [0, 0.1) is 18.8 Å². The second-order valence-electron chi connectivity index (χ2n) is 8.73. The number of nitrogens with zero attached hydrogens (tertiary/aromatic N) is 3. The molecule has 6 nitrogen and oxygen atoms in total. The molecule has 0 aliphatic carbocycles. The number of hydrogen-bond donors (Lipinski definition) is 1. The van der Waals surface area contributed by atoms with Crippen LogP contribution in [0.4, 0.5) is 0 Å². The number of amides is 1. The Kier molecular flexibility index (Phi) is 7.42. The maximum atomic E-state index is 12.6. The first-order valence-corrected chi connectivity index (χ1v) is 10.9. The summed E-state index contributed by atoms with van der Waals surface area (Å²) in [5.41, 5.74) is 1.63. The number of rotatable bonds is 8. The van der Waals surface area contributed by atoms with Crippen molar-refractivity contribution >= 4 is 16.8 Å². The fraction of sp³-hybridized carbons (Fsp3) is 0.609. The van der Waals surface area contributed by atoms with Gasteiger partial charge in [-0.3, -0.25) is 14.2 Å². The number of piperidine rings is 1. The lowest BCUT2D eigenvalue weighted by molar-refractivity contribution is -0.121. The zero-order valence-corrected chi connectivity index (χ0v) is 18.0. The van der Waals surface area contributed by atoms with E-state index in [9.17, 15) is 9.59 Å². The number of unbranched alkanes of at least 4 members (excludes halogenated alkanes) is 1. The summed E-state index contributed by atoms with van der Waals surface area (Å²) in [7, 11) is 0. The van der Waals surface area contributed by atoms with Crippen LogP contribution in [0.2, 0.25) is 0 Å². The first-order chi connectivity index (χ1) is 13.9. The predicted octanol–water partition coefficient (Wildman–Crippen LogP) is 2.97. The van der Waals surface area contributed by atoms with Crippen LogP contribution in [0.5, 0.6) is 0 Å². The topological polar surface area (TPSA) is 67.2 Å².